The summed E-state index contributed by atoms with van der Waals surface area (Å²) in [6, 6.07) is 10.3. The fourth-order valence-corrected chi connectivity index (χ4v) is 2.00. The highest BCUT2D eigenvalue weighted by molar-refractivity contribution is 7.81. The Hall–Kier alpha value is -1.15. The van der Waals surface area contributed by atoms with Crippen LogP contribution in [0.15, 0.2) is 41.5 Å². The van der Waals surface area contributed by atoms with Gasteiger partial charge in [0.1, 0.15) is 4.99 Å². The van der Waals surface area contributed by atoms with Crippen LogP contribution in [0.25, 0.3) is 0 Å². The highest BCUT2D eigenvalue weighted by atomic mass is 32.1. The fourth-order valence-electron chi connectivity index (χ4n) is 1.56. The first-order chi connectivity index (χ1) is 6.70. The molecule has 72 valence electrons. The van der Waals surface area contributed by atoms with E-state index in [0.717, 1.165) is 11.5 Å². The van der Waals surface area contributed by atoms with Crippen LogP contribution in [0.1, 0.15) is 13.8 Å². The standard InChI is InChI=1S/C12H13NS/c1-9(2)11-8-13(12(11)14)10-6-4-3-5-7-10/h3-7H,8H2,1-2H3. The molecule has 0 aliphatic carbocycles. The minimum Gasteiger partial charge on any atom is -0.328 e. The van der Waals surface area contributed by atoms with Crippen molar-refractivity contribution in [3.05, 3.63) is 41.5 Å². The van der Waals surface area contributed by atoms with E-state index in [1.54, 1.807) is 0 Å². The third kappa shape index (κ3) is 1.46. The fraction of sp³-hybridized carbons (Fsp3) is 0.250. The molecule has 0 aromatic heterocycles. The molecule has 1 fully saturated rings. The lowest BCUT2D eigenvalue weighted by Gasteiger charge is -2.37. The van der Waals surface area contributed by atoms with E-state index in [9.17, 15) is 0 Å². The molecule has 14 heavy (non-hydrogen) atoms. The molecule has 0 unspecified atom stereocenters. The molecule has 0 atom stereocenters. The molecule has 1 saturated heterocycles. The second-order valence-electron chi connectivity index (χ2n) is 3.71. The molecule has 0 radical (unpaired) electrons. The Balaban J connectivity index is 2.21. The van der Waals surface area contributed by atoms with Crippen molar-refractivity contribution in [1.29, 1.82) is 0 Å². The van der Waals surface area contributed by atoms with Gasteiger partial charge in [0.05, 0.1) is 6.54 Å². The number of benzene rings is 1. The van der Waals surface area contributed by atoms with Crippen LogP contribution in [0.5, 0.6) is 0 Å². The molecule has 1 heterocycles. The average Bonchev–Trinajstić information content (AvgIpc) is 2.17. The highest BCUT2D eigenvalue weighted by Crippen LogP contribution is 2.28. The van der Waals surface area contributed by atoms with Gasteiger partial charge in [0.2, 0.25) is 0 Å². The maximum atomic E-state index is 5.35. The maximum Gasteiger partial charge on any atom is 0.111 e. The van der Waals surface area contributed by atoms with Crippen molar-refractivity contribution in [2.24, 2.45) is 0 Å². The third-order valence-corrected chi connectivity index (χ3v) is 2.96. The summed E-state index contributed by atoms with van der Waals surface area (Å²) in [6.45, 7) is 5.19. The number of rotatable bonds is 1. The first kappa shape index (κ1) is 9.41. The summed E-state index contributed by atoms with van der Waals surface area (Å²) in [5.41, 5.74) is 3.86. The van der Waals surface area contributed by atoms with Gasteiger partial charge in [0.25, 0.3) is 0 Å². The van der Waals surface area contributed by atoms with Crippen molar-refractivity contribution in [1.82, 2.24) is 0 Å². The lowest BCUT2D eigenvalue weighted by molar-refractivity contribution is 1.01. The van der Waals surface area contributed by atoms with Crippen molar-refractivity contribution >= 4 is 22.9 Å². The Morgan fingerprint density at radius 2 is 1.86 bits per heavy atom. The molecule has 0 saturated carbocycles. The van der Waals surface area contributed by atoms with Gasteiger partial charge in [-0.15, -0.1) is 0 Å². The summed E-state index contributed by atoms with van der Waals surface area (Å²) in [5, 5.41) is 0. The second kappa shape index (κ2) is 3.54. The van der Waals surface area contributed by atoms with E-state index < -0.39 is 0 Å². The molecule has 1 aliphatic heterocycles. The molecular formula is C12H13NS. The van der Waals surface area contributed by atoms with Gasteiger partial charge in [0.15, 0.2) is 0 Å². The van der Waals surface area contributed by atoms with Gasteiger partial charge in [-0.25, -0.2) is 0 Å². The summed E-state index contributed by atoms with van der Waals surface area (Å²) in [6.07, 6.45) is 0. The van der Waals surface area contributed by atoms with E-state index in [1.165, 1.54) is 16.8 Å². The Bertz CT molecular complexity index is 388. The van der Waals surface area contributed by atoms with Crippen LogP contribution < -0.4 is 4.90 Å². The molecule has 1 aromatic carbocycles. The first-order valence-electron chi connectivity index (χ1n) is 4.73. The zero-order chi connectivity index (χ0) is 10.1. The van der Waals surface area contributed by atoms with Gasteiger partial charge in [0, 0.05) is 11.3 Å². The van der Waals surface area contributed by atoms with E-state index in [4.69, 9.17) is 12.2 Å². The van der Waals surface area contributed by atoms with Crippen molar-refractivity contribution < 1.29 is 0 Å². The molecular weight excluding hydrogens is 190 g/mol. The predicted octanol–water partition coefficient (Wildman–Crippen LogP) is 3.17. The van der Waals surface area contributed by atoms with E-state index >= 15 is 0 Å². The number of nitrogens with zero attached hydrogens (tertiary/aromatic N) is 1. The SMILES string of the molecule is CC(C)=C1CN(c2ccccc2)C1=S. The minimum absolute atomic E-state index is 0.963. The number of para-hydroxylation sites is 1. The molecule has 0 N–H and O–H groups in total. The van der Waals surface area contributed by atoms with Gasteiger partial charge >= 0.3 is 0 Å². The predicted molar refractivity (Wildman–Crippen MR) is 64.8 cm³/mol. The van der Waals surface area contributed by atoms with Crippen LogP contribution in [-0.4, -0.2) is 11.5 Å². The normalized spacial score (nSPS) is 15.4. The van der Waals surface area contributed by atoms with Crippen molar-refractivity contribution in [3.63, 3.8) is 0 Å². The molecule has 2 heteroatoms. The van der Waals surface area contributed by atoms with Crippen LogP contribution in [0.4, 0.5) is 5.69 Å². The van der Waals surface area contributed by atoms with Crippen LogP contribution in [-0.2, 0) is 0 Å². The number of allylic oxidation sites excluding steroid dienone is 1. The molecule has 0 bridgehead atoms. The number of anilines is 1. The summed E-state index contributed by atoms with van der Waals surface area (Å²) >= 11 is 5.35. The summed E-state index contributed by atoms with van der Waals surface area (Å²) in [5.74, 6) is 0. The van der Waals surface area contributed by atoms with Gasteiger partial charge < -0.3 is 4.90 Å². The Morgan fingerprint density at radius 3 is 2.36 bits per heavy atom. The lowest BCUT2D eigenvalue weighted by atomic mass is 10.0. The largest absolute Gasteiger partial charge is 0.328 e. The minimum atomic E-state index is 0.963. The smallest absolute Gasteiger partial charge is 0.111 e. The molecule has 1 aliphatic rings. The van der Waals surface area contributed by atoms with Gasteiger partial charge in [-0.2, -0.15) is 0 Å². The molecule has 0 amide bonds. The van der Waals surface area contributed by atoms with E-state index in [-0.39, 0.29) is 0 Å². The van der Waals surface area contributed by atoms with Crippen molar-refractivity contribution in [2.75, 3.05) is 11.4 Å². The molecule has 2 rings (SSSR count). The Kier molecular flexibility index (Phi) is 2.38. The van der Waals surface area contributed by atoms with Crippen LogP contribution in [0.2, 0.25) is 0 Å². The molecule has 0 spiro atoms. The molecule has 1 aromatic rings. The third-order valence-electron chi connectivity index (χ3n) is 2.49. The molecule has 1 nitrogen and oxygen atoms in total. The number of thiocarbonyl (C=S) groups is 1. The van der Waals surface area contributed by atoms with E-state index in [1.807, 2.05) is 18.2 Å². The topological polar surface area (TPSA) is 3.24 Å². The Morgan fingerprint density at radius 1 is 1.21 bits per heavy atom. The quantitative estimate of drug-likeness (QED) is 0.509. The summed E-state index contributed by atoms with van der Waals surface area (Å²) in [4.78, 5) is 3.15. The second-order valence-corrected chi connectivity index (χ2v) is 4.09. The number of hydrogen-bond acceptors (Lipinski definition) is 1. The summed E-state index contributed by atoms with van der Waals surface area (Å²) in [7, 11) is 0. The van der Waals surface area contributed by atoms with Crippen molar-refractivity contribution in [3.8, 4) is 0 Å². The maximum absolute atomic E-state index is 5.35. The van der Waals surface area contributed by atoms with E-state index in [2.05, 4.69) is 30.9 Å². The van der Waals surface area contributed by atoms with Gasteiger partial charge in [-0.05, 0) is 26.0 Å². The van der Waals surface area contributed by atoms with Gasteiger partial charge in [-0.3, -0.25) is 0 Å². The summed E-state index contributed by atoms with van der Waals surface area (Å²) < 4.78 is 0. The highest BCUT2D eigenvalue weighted by Gasteiger charge is 2.27. The van der Waals surface area contributed by atoms with Crippen molar-refractivity contribution in [2.45, 2.75) is 13.8 Å². The number of hydrogen-bond donors (Lipinski definition) is 0. The van der Waals surface area contributed by atoms with Gasteiger partial charge in [-0.1, -0.05) is 36.0 Å². The average molecular weight is 203 g/mol. The zero-order valence-electron chi connectivity index (χ0n) is 8.45. The van der Waals surface area contributed by atoms with Crippen LogP contribution >= 0.6 is 12.2 Å². The van der Waals surface area contributed by atoms with Crippen LogP contribution in [0.3, 0.4) is 0 Å². The lowest BCUT2D eigenvalue weighted by Crippen LogP contribution is -2.45. The zero-order valence-corrected chi connectivity index (χ0v) is 9.27. The first-order valence-corrected chi connectivity index (χ1v) is 5.14. The Labute approximate surface area is 90.0 Å². The van der Waals surface area contributed by atoms with Crippen LogP contribution in [0, 0.1) is 0 Å². The van der Waals surface area contributed by atoms with E-state index in [0.29, 0.717) is 0 Å². The monoisotopic (exact) mass is 203 g/mol.